The monoisotopic (exact) mass is 242 g/mol. The first kappa shape index (κ1) is 13.1. The Balaban J connectivity index is 1.91. The number of rotatable bonds is 3. The Kier molecular flexibility index (Phi) is 4.78. The largest absolute Gasteiger partial charge is 0.310 e. The van der Waals surface area contributed by atoms with E-state index in [9.17, 15) is 0 Å². The predicted octanol–water partition coefficient (Wildman–Crippen LogP) is 3.62. The maximum absolute atomic E-state index is 8.89. The molecule has 0 bridgehead atoms. The summed E-state index contributed by atoms with van der Waals surface area (Å²) in [4.78, 5) is 0. The van der Waals surface area contributed by atoms with Crippen molar-refractivity contribution in [3.8, 4) is 6.07 Å². The topological polar surface area (TPSA) is 35.8 Å². The van der Waals surface area contributed by atoms with Gasteiger partial charge in [-0.1, -0.05) is 38.3 Å². The van der Waals surface area contributed by atoms with Crippen molar-refractivity contribution in [3.05, 3.63) is 35.4 Å². The van der Waals surface area contributed by atoms with Crippen LogP contribution in [0.5, 0.6) is 0 Å². The third-order valence-corrected chi connectivity index (χ3v) is 3.99. The summed E-state index contributed by atoms with van der Waals surface area (Å²) in [6.45, 7) is 3.24. The molecule has 2 unspecified atom stereocenters. The minimum atomic E-state index is 0.637. The first-order valence-electron chi connectivity index (χ1n) is 7.02. The molecule has 2 heteroatoms. The fourth-order valence-electron chi connectivity index (χ4n) is 2.80. The van der Waals surface area contributed by atoms with Crippen LogP contribution in [-0.4, -0.2) is 6.04 Å². The van der Waals surface area contributed by atoms with Crippen LogP contribution in [0.25, 0.3) is 0 Å². The van der Waals surface area contributed by atoms with Crippen molar-refractivity contribution in [2.75, 3.05) is 0 Å². The second kappa shape index (κ2) is 6.56. The Bertz CT molecular complexity index is 419. The summed E-state index contributed by atoms with van der Waals surface area (Å²) >= 11 is 0. The van der Waals surface area contributed by atoms with Gasteiger partial charge in [0.25, 0.3) is 0 Å². The standard InChI is InChI=1S/C16H22N2/c1-13-6-3-2-4-9-16(13)18-12-15-8-5-7-14(10-15)11-17/h5,7-8,10,13,16,18H,2-4,6,9,12H2,1H3. The van der Waals surface area contributed by atoms with Gasteiger partial charge in [0, 0.05) is 12.6 Å². The lowest BCUT2D eigenvalue weighted by molar-refractivity contribution is 0.356. The summed E-state index contributed by atoms with van der Waals surface area (Å²) in [7, 11) is 0. The van der Waals surface area contributed by atoms with Gasteiger partial charge in [0.15, 0.2) is 0 Å². The molecule has 1 N–H and O–H groups in total. The van der Waals surface area contributed by atoms with Crippen LogP contribution in [0.2, 0.25) is 0 Å². The lowest BCUT2D eigenvalue weighted by atomic mass is 9.96. The molecule has 0 heterocycles. The molecule has 0 amide bonds. The van der Waals surface area contributed by atoms with E-state index in [2.05, 4.69) is 24.4 Å². The molecular weight excluding hydrogens is 220 g/mol. The number of benzene rings is 1. The smallest absolute Gasteiger partial charge is 0.0991 e. The Morgan fingerprint density at radius 1 is 1.28 bits per heavy atom. The highest BCUT2D eigenvalue weighted by atomic mass is 14.9. The molecule has 2 atom stereocenters. The van der Waals surface area contributed by atoms with Crippen molar-refractivity contribution in [1.29, 1.82) is 5.26 Å². The lowest BCUT2D eigenvalue weighted by Crippen LogP contribution is -2.33. The first-order chi connectivity index (χ1) is 8.79. The van der Waals surface area contributed by atoms with Crippen molar-refractivity contribution in [2.45, 2.75) is 51.6 Å². The van der Waals surface area contributed by atoms with Crippen molar-refractivity contribution in [2.24, 2.45) is 5.92 Å². The summed E-state index contributed by atoms with van der Waals surface area (Å²) in [6.07, 6.45) is 6.74. The van der Waals surface area contributed by atoms with Gasteiger partial charge in [0.05, 0.1) is 11.6 Å². The second-order valence-corrected chi connectivity index (χ2v) is 5.41. The van der Waals surface area contributed by atoms with E-state index in [1.807, 2.05) is 18.2 Å². The van der Waals surface area contributed by atoms with E-state index in [0.29, 0.717) is 6.04 Å². The van der Waals surface area contributed by atoms with Gasteiger partial charge in [-0.3, -0.25) is 0 Å². The highest BCUT2D eigenvalue weighted by Crippen LogP contribution is 2.23. The van der Waals surface area contributed by atoms with E-state index in [4.69, 9.17) is 5.26 Å². The van der Waals surface area contributed by atoms with Crippen molar-refractivity contribution >= 4 is 0 Å². The third-order valence-electron chi connectivity index (χ3n) is 3.99. The molecule has 1 saturated carbocycles. The van der Waals surface area contributed by atoms with Crippen LogP contribution >= 0.6 is 0 Å². The van der Waals surface area contributed by atoms with Crippen molar-refractivity contribution in [1.82, 2.24) is 5.32 Å². The zero-order chi connectivity index (χ0) is 12.8. The van der Waals surface area contributed by atoms with E-state index in [1.54, 1.807) is 0 Å². The van der Waals surface area contributed by atoms with Crippen molar-refractivity contribution in [3.63, 3.8) is 0 Å². The Hall–Kier alpha value is -1.33. The average Bonchev–Trinajstić information content (AvgIpc) is 2.61. The Morgan fingerprint density at radius 2 is 2.11 bits per heavy atom. The molecule has 0 radical (unpaired) electrons. The van der Waals surface area contributed by atoms with Gasteiger partial charge >= 0.3 is 0 Å². The highest BCUT2D eigenvalue weighted by Gasteiger charge is 2.18. The first-order valence-corrected chi connectivity index (χ1v) is 7.02. The fraction of sp³-hybridized carbons (Fsp3) is 0.562. The molecule has 96 valence electrons. The van der Waals surface area contributed by atoms with Crippen LogP contribution in [0.1, 0.15) is 50.2 Å². The number of nitrogens with zero attached hydrogens (tertiary/aromatic N) is 1. The van der Waals surface area contributed by atoms with Crippen LogP contribution in [-0.2, 0) is 6.54 Å². The van der Waals surface area contributed by atoms with Gasteiger partial charge in [-0.2, -0.15) is 5.26 Å². The molecule has 1 aromatic carbocycles. The molecular formula is C16H22N2. The Morgan fingerprint density at radius 3 is 2.94 bits per heavy atom. The van der Waals surface area contributed by atoms with Gasteiger partial charge < -0.3 is 5.32 Å². The van der Waals surface area contributed by atoms with E-state index in [1.165, 1.54) is 37.7 Å². The zero-order valence-corrected chi connectivity index (χ0v) is 11.2. The highest BCUT2D eigenvalue weighted by molar-refractivity contribution is 5.32. The molecule has 0 spiro atoms. The maximum atomic E-state index is 8.89. The summed E-state index contributed by atoms with van der Waals surface area (Å²) in [5, 5.41) is 12.6. The van der Waals surface area contributed by atoms with E-state index >= 15 is 0 Å². The van der Waals surface area contributed by atoms with Gasteiger partial charge in [-0.15, -0.1) is 0 Å². The van der Waals surface area contributed by atoms with Crippen LogP contribution in [0.4, 0.5) is 0 Å². The van der Waals surface area contributed by atoms with Gasteiger partial charge in [0.1, 0.15) is 0 Å². The summed E-state index contributed by atoms with van der Waals surface area (Å²) in [5.41, 5.74) is 1.97. The molecule has 0 aliphatic heterocycles. The lowest BCUT2D eigenvalue weighted by Gasteiger charge is -2.23. The number of nitrogens with one attached hydrogen (secondary N) is 1. The summed E-state index contributed by atoms with van der Waals surface area (Å²) < 4.78 is 0. The van der Waals surface area contributed by atoms with E-state index in [-0.39, 0.29) is 0 Å². The Labute approximate surface area is 110 Å². The van der Waals surface area contributed by atoms with Crippen LogP contribution in [0.15, 0.2) is 24.3 Å². The number of hydrogen-bond donors (Lipinski definition) is 1. The normalized spacial score (nSPS) is 24.2. The average molecular weight is 242 g/mol. The molecule has 18 heavy (non-hydrogen) atoms. The third kappa shape index (κ3) is 3.58. The van der Waals surface area contributed by atoms with Gasteiger partial charge in [-0.25, -0.2) is 0 Å². The van der Waals surface area contributed by atoms with E-state index < -0.39 is 0 Å². The molecule has 1 aromatic rings. The predicted molar refractivity (Wildman–Crippen MR) is 74.0 cm³/mol. The molecule has 1 aliphatic rings. The molecule has 1 aliphatic carbocycles. The minimum absolute atomic E-state index is 0.637. The van der Waals surface area contributed by atoms with Gasteiger partial charge in [-0.05, 0) is 36.5 Å². The quantitative estimate of drug-likeness (QED) is 0.822. The summed E-state index contributed by atoms with van der Waals surface area (Å²) in [6, 6.07) is 10.7. The summed E-state index contributed by atoms with van der Waals surface area (Å²) in [5.74, 6) is 0.770. The molecule has 2 nitrogen and oxygen atoms in total. The second-order valence-electron chi connectivity index (χ2n) is 5.41. The van der Waals surface area contributed by atoms with E-state index in [0.717, 1.165) is 18.0 Å². The zero-order valence-electron chi connectivity index (χ0n) is 11.2. The minimum Gasteiger partial charge on any atom is -0.310 e. The maximum Gasteiger partial charge on any atom is 0.0991 e. The number of nitriles is 1. The SMILES string of the molecule is CC1CCCCCC1NCc1cccc(C#N)c1. The molecule has 0 aromatic heterocycles. The fourth-order valence-corrected chi connectivity index (χ4v) is 2.80. The molecule has 2 rings (SSSR count). The molecule has 1 fully saturated rings. The van der Waals surface area contributed by atoms with Crippen LogP contribution in [0, 0.1) is 17.2 Å². The number of hydrogen-bond acceptors (Lipinski definition) is 2. The van der Waals surface area contributed by atoms with Crippen LogP contribution in [0.3, 0.4) is 0 Å². The van der Waals surface area contributed by atoms with Crippen molar-refractivity contribution < 1.29 is 0 Å². The van der Waals surface area contributed by atoms with Crippen LogP contribution < -0.4 is 5.32 Å². The molecule has 0 saturated heterocycles. The van der Waals surface area contributed by atoms with Gasteiger partial charge in [0.2, 0.25) is 0 Å².